The summed E-state index contributed by atoms with van der Waals surface area (Å²) in [4.78, 5) is 23.6. The molecule has 3 unspecified atom stereocenters. The molecule has 0 spiro atoms. The molecule has 2 amide bonds. The van der Waals surface area contributed by atoms with Gasteiger partial charge in [0.05, 0.1) is 6.26 Å². The Hall–Kier alpha value is -2.04. The fraction of sp³-hybridized carbons (Fsp3) is 0.467. The molecule has 5 heteroatoms. The first-order chi connectivity index (χ1) is 9.74. The van der Waals surface area contributed by atoms with Crippen LogP contribution in [-0.4, -0.2) is 24.9 Å². The predicted octanol–water partition coefficient (Wildman–Crippen LogP) is 1.34. The van der Waals surface area contributed by atoms with Crippen molar-refractivity contribution in [3.63, 3.8) is 0 Å². The molecule has 3 rings (SSSR count). The molecule has 2 aliphatic carbocycles. The summed E-state index contributed by atoms with van der Waals surface area (Å²) in [5.74, 6) is 1.26. The zero-order chi connectivity index (χ0) is 13.9. The van der Waals surface area contributed by atoms with Crippen molar-refractivity contribution in [3.05, 3.63) is 36.3 Å². The monoisotopic (exact) mass is 274 g/mol. The van der Waals surface area contributed by atoms with Gasteiger partial charge >= 0.3 is 0 Å². The number of fused-ring (bicyclic) bond motifs is 2. The van der Waals surface area contributed by atoms with Gasteiger partial charge in [0.2, 0.25) is 5.91 Å². The van der Waals surface area contributed by atoms with Crippen LogP contribution in [0.5, 0.6) is 0 Å². The lowest BCUT2D eigenvalue weighted by Gasteiger charge is -2.17. The van der Waals surface area contributed by atoms with Crippen LogP contribution in [0.3, 0.4) is 0 Å². The molecule has 2 N–H and O–H groups in total. The van der Waals surface area contributed by atoms with Crippen LogP contribution >= 0.6 is 0 Å². The molecule has 20 heavy (non-hydrogen) atoms. The topological polar surface area (TPSA) is 71.3 Å². The number of amides is 2. The van der Waals surface area contributed by atoms with E-state index in [4.69, 9.17) is 4.42 Å². The number of carbonyl (C=O) groups excluding carboxylic acids is 2. The molecule has 0 saturated heterocycles. The minimum atomic E-state index is -0.257. The Kier molecular flexibility index (Phi) is 3.58. The summed E-state index contributed by atoms with van der Waals surface area (Å²) in [7, 11) is 0. The fourth-order valence-corrected chi connectivity index (χ4v) is 3.07. The van der Waals surface area contributed by atoms with E-state index in [0.29, 0.717) is 24.9 Å². The first kappa shape index (κ1) is 13.0. The molecule has 106 valence electrons. The van der Waals surface area contributed by atoms with Crippen LogP contribution in [0.1, 0.15) is 23.4 Å². The van der Waals surface area contributed by atoms with E-state index in [1.165, 1.54) is 6.26 Å². The van der Waals surface area contributed by atoms with Crippen LogP contribution in [0.4, 0.5) is 0 Å². The minimum absolute atomic E-state index is 0.106. The third-order valence-electron chi connectivity index (χ3n) is 4.07. The summed E-state index contributed by atoms with van der Waals surface area (Å²) in [6.07, 6.45) is 7.92. The van der Waals surface area contributed by atoms with Gasteiger partial charge in [-0.15, -0.1) is 0 Å². The number of carbonyl (C=O) groups is 2. The average Bonchev–Trinajstić information content (AvgIpc) is 3.19. The zero-order valence-electron chi connectivity index (χ0n) is 11.2. The summed E-state index contributed by atoms with van der Waals surface area (Å²) in [5.41, 5.74) is 0. The van der Waals surface area contributed by atoms with Crippen LogP contribution in [-0.2, 0) is 4.79 Å². The lowest BCUT2D eigenvalue weighted by molar-refractivity contribution is -0.125. The highest BCUT2D eigenvalue weighted by molar-refractivity contribution is 5.91. The molecule has 1 heterocycles. The van der Waals surface area contributed by atoms with E-state index in [1.54, 1.807) is 12.1 Å². The SMILES string of the molecule is O=C(NCCNC(=O)C1CC2C=CC1C2)c1ccco1. The Balaban J connectivity index is 1.37. The van der Waals surface area contributed by atoms with Crippen molar-refractivity contribution in [1.82, 2.24) is 10.6 Å². The fourth-order valence-electron chi connectivity index (χ4n) is 3.07. The first-order valence-corrected chi connectivity index (χ1v) is 7.02. The Morgan fingerprint density at radius 2 is 2.05 bits per heavy atom. The molecule has 3 atom stereocenters. The lowest BCUT2D eigenvalue weighted by Crippen LogP contribution is -2.38. The number of allylic oxidation sites excluding steroid dienone is 2. The van der Waals surface area contributed by atoms with Crippen molar-refractivity contribution < 1.29 is 14.0 Å². The largest absolute Gasteiger partial charge is 0.459 e. The first-order valence-electron chi connectivity index (χ1n) is 7.02. The second-order valence-corrected chi connectivity index (χ2v) is 5.41. The Labute approximate surface area is 117 Å². The van der Waals surface area contributed by atoms with E-state index in [1.807, 2.05) is 0 Å². The predicted molar refractivity (Wildman–Crippen MR) is 72.9 cm³/mol. The average molecular weight is 274 g/mol. The molecule has 2 bridgehead atoms. The molecule has 2 aliphatic rings. The molecule has 1 aromatic rings. The Morgan fingerprint density at radius 1 is 1.20 bits per heavy atom. The van der Waals surface area contributed by atoms with Gasteiger partial charge in [-0.3, -0.25) is 9.59 Å². The molecular weight excluding hydrogens is 256 g/mol. The van der Waals surface area contributed by atoms with Gasteiger partial charge in [-0.25, -0.2) is 0 Å². The highest BCUT2D eigenvalue weighted by Crippen LogP contribution is 2.43. The molecule has 0 aromatic carbocycles. The van der Waals surface area contributed by atoms with Gasteiger partial charge in [-0.05, 0) is 36.8 Å². The van der Waals surface area contributed by atoms with Crippen molar-refractivity contribution in [2.24, 2.45) is 17.8 Å². The number of hydrogen-bond acceptors (Lipinski definition) is 3. The lowest BCUT2D eigenvalue weighted by atomic mass is 9.93. The van der Waals surface area contributed by atoms with Crippen molar-refractivity contribution in [1.29, 1.82) is 0 Å². The smallest absolute Gasteiger partial charge is 0.287 e. The van der Waals surface area contributed by atoms with Gasteiger partial charge in [0, 0.05) is 19.0 Å². The third-order valence-corrected chi connectivity index (χ3v) is 4.07. The summed E-state index contributed by atoms with van der Waals surface area (Å²) in [6, 6.07) is 3.27. The van der Waals surface area contributed by atoms with Gasteiger partial charge < -0.3 is 15.1 Å². The van der Waals surface area contributed by atoms with Crippen LogP contribution in [0.2, 0.25) is 0 Å². The quantitative estimate of drug-likeness (QED) is 0.628. The second kappa shape index (κ2) is 5.53. The van der Waals surface area contributed by atoms with Gasteiger partial charge in [0.1, 0.15) is 0 Å². The molecule has 5 nitrogen and oxygen atoms in total. The van der Waals surface area contributed by atoms with E-state index in [2.05, 4.69) is 22.8 Å². The van der Waals surface area contributed by atoms with Crippen LogP contribution in [0.15, 0.2) is 35.0 Å². The van der Waals surface area contributed by atoms with Crippen molar-refractivity contribution in [3.8, 4) is 0 Å². The van der Waals surface area contributed by atoms with E-state index >= 15 is 0 Å². The van der Waals surface area contributed by atoms with Crippen molar-refractivity contribution in [2.45, 2.75) is 12.8 Å². The number of rotatable bonds is 5. The zero-order valence-corrected chi connectivity index (χ0v) is 11.2. The number of nitrogens with one attached hydrogen (secondary N) is 2. The molecule has 1 saturated carbocycles. The Bertz CT molecular complexity index is 521. The maximum absolute atomic E-state index is 12.0. The second-order valence-electron chi connectivity index (χ2n) is 5.41. The normalized spacial score (nSPS) is 26.7. The van der Waals surface area contributed by atoms with Gasteiger partial charge in [0.25, 0.3) is 5.91 Å². The number of furan rings is 1. The van der Waals surface area contributed by atoms with Gasteiger partial charge in [0.15, 0.2) is 5.76 Å². The van der Waals surface area contributed by atoms with Crippen molar-refractivity contribution >= 4 is 11.8 Å². The van der Waals surface area contributed by atoms with E-state index in [-0.39, 0.29) is 23.5 Å². The van der Waals surface area contributed by atoms with Crippen molar-refractivity contribution in [2.75, 3.05) is 13.1 Å². The summed E-state index contributed by atoms with van der Waals surface area (Å²) < 4.78 is 4.98. The summed E-state index contributed by atoms with van der Waals surface area (Å²) in [5, 5.41) is 5.60. The third kappa shape index (κ3) is 2.61. The molecular formula is C15H18N2O3. The minimum Gasteiger partial charge on any atom is -0.459 e. The summed E-state index contributed by atoms with van der Waals surface area (Å²) >= 11 is 0. The molecule has 0 aliphatic heterocycles. The van der Waals surface area contributed by atoms with Gasteiger partial charge in [-0.2, -0.15) is 0 Å². The molecule has 0 radical (unpaired) electrons. The maximum atomic E-state index is 12.0. The van der Waals surface area contributed by atoms with Crippen LogP contribution in [0.25, 0.3) is 0 Å². The highest BCUT2D eigenvalue weighted by atomic mass is 16.3. The maximum Gasteiger partial charge on any atom is 0.287 e. The number of hydrogen-bond donors (Lipinski definition) is 2. The summed E-state index contributed by atoms with van der Waals surface area (Å²) in [6.45, 7) is 0.852. The van der Waals surface area contributed by atoms with Crippen LogP contribution < -0.4 is 10.6 Å². The van der Waals surface area contributed by atoms with Gasteiger partial charge in [-0.1, -0.05) is 12.2 Å². The Morgan fingerprint density at radius 3 is 2.70 bits per heavy atom. The highest BCUT2D eigenvalue weighted by Gasteiger charge is 2.39. The van der Waals surface area contributed by atoms with Crippen LogP contribution in [0, 0.1) is 17.8 Å². The molecule has 1 fully saturated rings. The van der Waals surface area contributed by atoms with E-state index < -0.39 is 0 Å². The molecule has 1 aromatic heterocycles. The van der Waals surface area contributed by atoms with E-state index in [0.717, 1.165) is 12.8 Å². The standard InChI is InChI=1S/C15H18N2O3/c18-14(12-9-10-3-4-11(12)8-10)16-5-6-17-15(19)13-2-1-7-20-13/h1-4,7,10-12H,5-6,8-9H2,(H,16,18)(H,17,19). The van der Waals surface area contributed by atoms with E-state index in [9.17, 15) is 9.59 Å².